The van der Waals surface area contributed by atoms with Gasteiger partial charge >= 0.3 is 0 Å². The Bertz CT molecular complexity index is 887. The maximum Gasteiger partial charge on any atom is 0.119 e. The van der Waals surface area contributed by atoms with Gasteiger partial charge in [-0.05, 0) is 67.2 Å². The number of aliphatic hydroxyl groups is 4. The molecule has 2 saturated heterocycles. The van der Waals surface area contributed by atoms with Gasteiger partial charge in [0.25, 0.3) is 0 Å². The molecule has 0 saturated carbocycles. The largest absolute Gasteiger partial charge is 0.490 e. The van der Waals surface area contributed by atoms with Gasteiger partial charge in [0.05, 0.1) is 6.61 Å². The van der Waals surface area contributed by atoms with Gasteiger partial charge in [0.15, 0.2) is 0 Å². The first kappa shape index (κ1) is 23.4. The van der Waals surface area contributed by atoms with Crippen LogP contribution in [-0.2, 0) is 11.2 Å². The normalized spacial score (nSPS) is 29.1. The molecule has 0 amide bonds. The molecular formula is C24H30ClNO6. The topological polar surface area (TPSA) is 111 Å². The van der Waals surface area contributed by atoms with Gasteiger partial charge in [0.1, 0.15) is 42.4 Å². The van der Waals surface area contributed by atoms with Crippen LogP contribution in [0.3, 0.4) is 0 Å². The molecule has 0 aliphatic carbocycles. The summed E-state index contributed by atoms with van der Waals surface area (Å²) < 4.78 is 11.7. The number of hydrogen-bond acceptors (Lipinski definition) is 7. The van der Waals surface area contributed by atoms with Gasteiger partial charge in [0.2, 0.25) is 0 Å². The number of piperidine rings is 1. The van der Waals surface area contributed by atoms with Crippen LogP contribution in [0.4, 0.5) is 0 Å². The van der Waals surface area contributed by atoms with Crippen LogP contribution in [0.15, 0.2) is 42.5 Å². The zero-order valence-electron chi connectivity index (χ0n) is 17.7. The Morgan fingerprint density at radius 3 is 2.38 bits per heavy atom. The highest BCUT2D eigenvalue weighted by molar-refractivity contribution is 6.31. The van der Waals surface area contributed by atoms with Crippen molar-refractivity contribution in [2.24, 2.45) is 0 Å². The molecule has 1 unspecified atom stereocenters. The lowest BCUT2D eigenvalue weighted by Crippen LogP contribution is -2.55. The minimum absolute atomic E-state index is 0.242. The van der Waals surface area contributed by atoms with Crippen molar-refractivity contribution in [1.29, 1.82) is 0 Å². The Labute approximate surface area is 192 Å². The van der Waals surface area contributed by atoms with Crippen LogP contribution >= 0.6 is 11.6 Å². The molecule has 0 spiro atoms. The van der Waals surface area contributed by atoms with E-state index in [0.29, 0.717) is 17.0 Å². The highest BCUT2D eigenvalue weighted by atomic mass is 35.5. The van der Waals surface area contributed by atoms with E-state index >= 15 is 0 Å². The van der Waals surface area contributed by atoms with Crippen molar-refractivity contribution >= 4 is 11.6 Å². The molecule has 2 aromatic carbocycles. The van der Waals surface area contributed by atoms with Crippen LogP contribution in [-0.4, -0.2) is 70.6 Å². The molecule has 5 atom stereocenters. The van der Waals surface area contributed by atoms with Crippen molar-refractivity contribution in [3.63, 3.8) is 0 Å². The second-order valence-electron chi connectivity index (χ2n) is 8.49. The molecule has 4 rings (SSSR count). The number of hydrogen-bond donors (Lipinski definition) is 5. The average Bonchev–Trinajstić information content (AvgIpc) is 2.81. The van der Waals surface area contributed by atoms with Gasteiger partial charge in [-0.2, -0.15) is 0 Å². The monoisotopic (exact) mass is 463 g/mol. The summed E-state index contributed by atoms with van der Waals surface area (Å²) in [6, 6.07) is 13.2. The highest BCUT2D eigenvalue weighted by Crippen LogP contribution is 2.34. The van der Waals surface area contributed by atoms with E-state index in [9.17, 15) is 20.4 Å². The van der Waals surface area contributed by atoms with E-state index in [1.807, 2.05) is 30.3 Å². The SMILES string of the molecule is OC[C@H]1OC(c2ccc(Cl)c(Cc3ccc(OC4CCNCC4)cc3)c2)[C@H](O)[C@@H](O)[C@@H]1O. The Morgan fingerprint density at radius 1 is 0.969 bits per heavy atom. The summed E-state index contributed by atoms with van der Waals surface area (Å²) in [6.45, 7) is 1.49. The van der Waals surface area contributed by atoms with Gasteiger partial charge in [-0.3, -0.25) is 0 Å². The number of nitrogens with one attached hydrogen (secondary N) is 1. The van der Waals surface area contributed by atoms with Crippen LogP contribution in [0.2, 0.25) is 5.02 Å². The van der Waals surface area contributed by atoms with Crippen molar-refractivity contribution in [1.82, 2.24) is 5.32 Å². The molecule has 2 fully saturated rings. The summed E-state index contributed by atoms with van der Waals surface area (Å²) in [5.41, 5.74) is 2.51. The third-order valence-electron chi connectivity index (χ3n) is 6.20. The number of halogens is 1. The van der Waals surface area contributed by atoms with Gasteiger partial charge in [-0.25, -0.2) is 0 Å². The Morgan fingerprint density at radius 2 is 1.69 bits per heavy atom. The van der Waals surface area contributed by atoms with E-state index in [2.05, 4.69) is 5.32 Å². The molecule has 0 radical (unpaired) electrons. The molecule has 0 aromatic heterocycles. The first-order valence-corrected chi connectivity index (χ1v) is 11.4. The summed E-state index contributed by atoms with van der Waals surface area (Å²) in [4.78, 5) is 0. The van der Waals surface area contributed by atoms with Crippen molar-refractivity contribution in [2.75, 3.05) is 19.7 Å². The molecule has 2 heterocycles. The fraction of sp³-hybridized carbons (Fsp3) is 0.500. The number of rotatable bonds is 6. The molecule has 5 N–H and O–H groups in total. The molecule has 32 heavy (non-hydrogen) atoms. The highest BCUT2D eigenvalue weighted by Gasteiger charge is 2.44. The van der Waals surface area contributed by atoms with E-state index in [0.717, 1.165) is 42.8 Å². The predicted molar refractivity (Wildman–Crippen MR) is 120 cm³/mol. The van der Waals surface area contributed by atoms with E-state index < -0.39 is 37.1 Å². The van der Waals surface area contributed by atoms with Gasteiger partial charge < -0.3 is 35.2 Å². The van der Waals surface area contributed by atoms with E-state index in [1.54, 1.807) is 12.1 Å². The maximum absolute atomic E-state index is 10.4. The van der Waals surface area contributed by atoms with Crippen molar-refractivity contribution in [2.45, 2.75) is 55.9 Å². The Kier molecular flexibility index (Phi) is 7.68. The summed E-state index contributed by atoms with van der Waals surface area (Å²) in [7, 11) is 0. The smallest absolute Gasteiger partial charge is 0.119 e. The molecule has 7 nitrogen and oxygen atoms in total. The molecule has 2 aliphatic heterocycles. The summed E-state index contributed by atoms with van der Waals surface area (Å²) in [6.07, 6.45) is -3.16. The van der Waals surface area contributed by atoms with Gasteiger partial charge in [-0.15, -0.1) is 0 Å². The standard InChI is InChI=1S/C24H30ClNO6/c25-19-6-3-15(24-23(30)22(29)21(28)20(13-27)32-24)12-16(19)11-14-1-4-17(5-2-14)31-18-7-9-26-10-8-18/h1-6,12,18,20-24,26-30H,7-11,13H2/t20-,21-,22+,23-,24?/m1/s1. The van der Waals surface area contributed by atoms with Crippen LogP contribution < -0.4 is 10.1 Å². The van der Waals surface area contributed by atoms with Crippen molar-refractivity contribution in [3.8, 4) is 5.75 Å². The third kappa shape index (κ3) is 5.26. The van der Waals surface area contributed by atoms with Crippen LogP contribution in [0.5, 0.6) is 5.75 Å². The molecule has 8 heteroatoms. The first-order valence-electron chi connectivity index (χ1n) is 11.0. The molecule has 174 valence electrons. The van der Waals surface area contributed by atoms with Crippen LogP contribution in [0, 0.1) is 0 Å². The van der Waals surface area contributed by atoms with E-state index in [-0.39, 0.29) is 6.10 Å². The lowest BCUT2D eigenvalue weighted by Gasteiger charge is -2.40. The zero-order valence-corrected chi connectivity index (χ0v) is 18.5. The summed E-state index contributed by atoms with van der Waals surface area (Å²) in [5, 5.41) is 43.9. The summed E-state index contributed by atoms with van der Waals surface area (Å²) >= 11 is 6.43. The van der Waals surface area contributed by atoms with Gasteiger partial charge in [-0.1, -0.05) is 35.9 Å². The predicted octanol–water partition coefficient (Wildman–Crippen LogP) is 1.58. The maximum atomic E-state index is 10.4. The Hall–Kier alpha value is -1.71. The fourth-order valence-corrected chi connectivity index (χ4v) is 4.48. The molecular weight excluding hydrogens is 434 g/mol. The minimum atomic E-state index is -1.42. The van der Waals surface area contributed by atoms with Crippen LogP contribution in [0.25, 0.3) is 0 Å². The zero-order chi connectivity index (χ0) is 22.7. The van der Waals surface area contributed by atoms with Crippen LogP contribution in [0.1, 0.15) is 35.6 Å². The quantitative estimate of drug-likeness (QED) is 0.442. The number of ether oxygens (including phenoxy) is 2. The second kappa shape index (κ2) is 10.5. The molecule has 2 aromatic rings. The average molecular weight is 464 g/mol. The first-order chi connectivity index (χ1) is 15.5. The lowest BCUT2D eigenvalue weighted by atomic mass is 9.90. The molecule has 2 aliphatic rings. The fourth-order valence-electron chi connectivity index (χ4n) is 4.30. The molecule has 0 bridgehead atoms. The van der Waals surface area contributed by atoms with E-state index in [4.69, 9.17) is 21.1 Å². The minimum Gasteiger partial charge on any atom is -0.490 e. The number of benzene rings is 2. The van der Waals surface area contributed by atoms with Crippen molar-refractivity contribution < 1.29 is 29.9 Å². The number of aliphatic hydroxyl groups excluding tert-OH is 4. The second-order valence-corrected chi connectivity index (χ2v) is 8.90. The van der Waals surface area contributed by atoms with Gasteiger partial charge in [0, 0.05) is 5.02 Å². The lowest BCUT2D eigenvalue weighted by molar-refractivity contribution is -0.231. The Balaban J connectivity index is 1.47. The third-order valence-corrected chi connectivity index (χ3v) is 6.57. The van der Waals surface area contributed by atoms with E-state index in [1.165, 1.54) is 0 Å². The summed E-state index contributed by atoms with van der Waals surface area (Å²) in [5.74, 6) is 0.849. The van der Waals surface area contributed by atoms with Crippen molar-refractivity contribution in [3.05, 3.63) is 64.2 Å².